The highest BCUT2D eigenvalue weighted by Crippen LogP contribution is 2.27. The maximum absolute atomic E-state index is 13.4. The summed E-state index contributed by atoms with van der Waals surface area (Å²) in [5, 5.41) is 12.4. The zero-order valence-electron chi connectivity index (χ0n) is 7.91. The van der Waals surface area contributed by atoms with E-state index in [1.54, 1.807) is 12.1 Å². The first kappa shape index (κ1) is 10.9. The first-order valence-electron chi connectivity index (χ1n) is 4.65. The summed E-state index contributed by atoms with van der Waals surface area (Å²) in [4.78, 5) is 0. The van der Waals surface area contributed by atoms with Crippen LogP contribution in [0.1, 0.15) is 0 Å². The molecule has 3 nitrogen and oxygen atoms in total. The molecule has 0 aliphatic carbocycles. The molecule has 5 heteroatoms. The number of halogens is 2. The first-order valence-corrected chi connectivity index (χ1v) is 5.44. The second kappa shape index (κ2) is 4.47. The standard InChI is InChI=1S/C10H11BrFNO2/c11-6-2-1-3-7(12)10(6)13-8-4-15-5-9(8)14/h1-3,8-9,13-14H,4-5H2. The fourth-order valence-corrected chi connectivity index (χ4v) is 1.96. The fraction of sp³-hybridized carbons (Fsp3) is 0.400. The van der Waals surface area contributed by atoms with Crippen LogP contribution in [0.25, 0.3) is 0 Å². The lowest BCUT2D eigenvalue weighted by atomic mass is 10.2. The highest BCUT2D eigenvalue weighted by Gasteiger charge is 2.27. The summed E-state index contributed by atoms with van der Waals surface area (Å²) in [6.45, 7) is 0.686. The van der Waals surface area contributed by atoms with Gasteiger partial charge in [0.2, 0.25) is 0 Å². The lowest BCUT2D eigenvalue weighted by Gasteiger charge is -2.17. The van der Waals surface area contributed by atoms with Crippen molar-refractivity contribution in [1.82, 2.24) is 0 Å². The van der Waals surface area contributed by atoms with Crippen molar-refractivity contribution < 1.29 is 14.2 Å². The second-order valence-electron chi connectivity index (χ2n) is 3.45. The van der Waals surface area contributed by atoms with Crippen LogP contribution in [-0.4, -0.2) is 30.5 Å². The molecule has 0 bridgehead atoms. The third kappa shape index (κ3) is 2.30. The van der Waals surface area contributed by atoms with Gasteiger partial charge in [0.05, 0.1) is 31.0 Å². The summed E-state index contributed by atoms with van der Waals surface area (Å²) < 4.78 is 19.1. The van der Waals surface area contributed by atoms with Gasteiger partial charge in [0.15, 0.2) is 0 Å². The molecular weight excluding hydrogens is 265 g/mol. The van der Waals surface area contributed by atoms with Crippen molar-refractivity contribution in [2.45, 2.75) is 12.1 Å². The van der Waals surface area contributed by atoms with Crippen molar-refractivity contribution in [1.29, 1.82) is 0 Å². The van der Waals surface area contributed by atoms with Gasteiger partial charge >= 0.3 is 0 Å². The molecule has 2 unspecified atom stereocenters. The quantitative estimate of drug-likeness (QED) is 0.864. The molecule has 15 heavy (non-hydrogen) atoms. The first-order chi connectivity index (χ1) is 7.18. The lowest BCUT2D eigenvalue weighted by Crippen LogP contribution is -2.32. The Bertz CT molecular complexity index is 341. The van der Waals surface area contributed by atoms with Crippen LogP contribution in [0.15, 0.2) is 22.7 Å². The minimum absolute atomic E-state index is 0.252. The smallest absolute Gasteiger partial charge is 0.147 e. The van der Waals surface area contributed by atoms with E-state index >= 15 is 0 Å². The van der Waals surface area contributed by atoms with Gasteiger partial charge in [0, 0.05) is 4.47 Å². The molecule has 2 atom stereocenters. The third-order valence-electron chi connectivity index (χ3n) is 2.34. The number of benzene rings is 1. The monoisotopic (exact) mass is 275 g/mol. The number of aliphatic hydroxyl groups excluding tert-OH is 1. The van der Waals surface area contributed by atoms with Crippen molar-refractivity contribution in [3.63, 3.8) is 0 Å². The minimum atomic E-state index is -0.587. The maximum Gasteiger partial charge on any atom is 0.147 e. The Balaban J connectivity index is 2.16. The van der Waals surface area contributed by atoms with Crippen molar-refractivity contribution in [3.05, 3.63) is 28.5 Å². The van der Waals surface area contributed by atoms with E-state index in [-0.39, 0.29) is 11.9 Å². The van der Waals surface area contributed by atoms with Crippen LogP contribution in [0.5, 0.6) is 0 Å². The molecule has 1 aliphatic heterocycles. The van der Waals surface area contributed by atoms with Crippen LogP contribution in [-0.2, 0) is 4.74 Å². The Kier molecular flexibility index (Phi) is 3.23. The van der Waals surface area contributed by atoms with Gasteiger partial charge in [0.1, 0.15) is 5.82 Å². The molecule has 0 amide bonds. The van der Waals surface area contributed by atoms with Crippen LogP contribution in [0.4, 0.5) is 10.1 Å². The molecular formula is C10H11BrFNO2. The molecule has 1 saturated heterocycles. The molecule has 1 heterocycles. The van der Waals surface area contributed by atoms with Gasteiger partial charge < -0.3 is 15.2 Å². The van der Waals surface area contributed by atoms with E-state index in [4.69, 9.17) is 4.74 Å². The van der Waals surface area contributed by atoms with Crippen molar-refractivity contribution >= 4 is 21.6 Å². The average Bonchev–Trinajstić information content (AvgIpc) is 2.58. The normalized spacial score (nSPS) is 25.5. The Hall–Kier alpha value is -0.650. The van der Waals surface area contributed by atoms with E-state index in [1.807, 2.05) is 0 Å². The number of para-hydroxylation sites is 1. The molecule has 82 valence electrons. The number of aliphatic hydroxyl groups is 1. The molecule has 0 saturated carbocycles. The van der Waals surface area contributed by atoms with Crippen LogP contribution in [0.2, 0.25) is 0 Å². The molecule has 0 radical (unpaired) electrons. The molecule has 1 fully saturated rings. The van der Waals surface area contributed by atoms with Crippen LogP contribution in [0.3, 0.4) is 0 Å². The summed E-state index contributed by atoms with van der Waals surface area (Å²) in [5.41, 5.74) is 0.368. The fourth-order valence-electron chi connectivity index (χ4n) is 1.50. The summed E-state index contributed by atoms with van der Waals surface area (Å²) in [5.74, 6) is -0.344. The third-order valence-corrected chi connectivity index (χ3v) is 3.00. The number of rotatable bonds is 2. The highest BCUT2D eigenvalue weighted by molar-refractivity contribution is 9.10. The molecule has 2 rings (SSSR count). The molecule has 0 spiro atoms. The molecule has 1 aromatic carbocycles. The molecule has 1 aliphatic rings. The van der Waals surface area contributed by atoms with E-state index < -0.39 is 6.10 Å². The Morgan fingerprint density at radius 3 is 2.87 bits per heavy atom. The molecule has 1 aromatic rings. The van der Waals surface area contributed by atoms with Gasteiger partial charge in [0.25, 0.3) is 0 Å². The number of hydrogen-bond acceptors (Lipinski definition) is 3. The van der Waals surface area contributed by atoms with Crippen LogP contribution < -0.4 is 5.32 Å². The predicted octanol–water partition coefficient (Wildman–Crippen LogP) is 1.76. The Labute approximate surface area is 95.4 Å². The zero-order chi connectivity index (χ0) is 10.8. The summed E-state index contributed by atoms with van der Waals surface area (Å²) in [7, 11) is 0. The van der Waals surface area contributed by atoms with Crippen LogP contribution in [0, 0.1) is 5.82 Å². The lowest BCUT2D eigenvalue weighted by molar-refractivity contribution is 0.125. The van der Waals surface area contributed by atoms with E-state index in [2.05, 4.69) is 21.2 Å². The Morgan fingerprint density at radius 1 is 1.47 bits per heavy atom. The number of ether oxygens (including phenoxy) is 1. The summed E-state index contributed by atoms with van der Waals surface area (Å²) in [6.07, 6.45) is -0.587. The average molecular weight is 276 g/mol. The van der Waals surface area contributed by atoms with E-state index in [9.17, 15) is 9.50 Å². The van der Waals surface area contributed by atoms with Gasteiger partial charge in [-0.25, -0.2) is 4.39 Å². The van der Waals surface area contributed by atoms with Gasteiger partial charge in [-0.1, -0.05) is 6.07 Å². The van der Waals surface area contributed by atoms with Crippen LogP contribution >= 0.6 is 15.9 Å². The minimum Gasteiger partial charge on any atom is -0.388 e. The van der Waals surface area contributed by atoms with Gasteiger partial charge in [-0.3, -0.25) is 0 Å². The second-order valence-corrected chi connectivity index (χ2v) is 4.31. The number of nitrogens with one attached hydrogen (secondary N) is 1. The molecule has 2 N–H and O–H groups in total. The summed E-state index contributed by atoms with van der Waals surface area (Å²) >= 11 is 3.25. The largest absolute Gasteiger partial charge is 0.388 e. The number of hydrogen-bond donors (Lipinski definition) is 2. The van der Waals surface area contributed by atoms with Crippen molar-refractivity contribution in [2.24, 2.45) is 0 Å². The van der Waals surface area contributed by atoms with Gasteiger partial charge in [-0.2, -0.15) is 0 Å². The van der Waals surface area contributed by atoms with Crippen molar-refractivity contribution in [2.75, 3.05) is 18.5 Å². The van der Waals surface area contributed by atoms with Crippen molar-refractivity contribution in [3.8, 4) is 0 Å². The molecule has 0 aromatic heterocycles. The predicted molar refractivity (Wildman–Crippen MR) is 58.3 cm³/mol. The highest BCUT2D eigenvalue weighted by atomic mass is 79.9. The number of anilines is 1. The SMILES string of the molecule is OC1COCC1Nc1c(F)cccc1Br. The van der Waals surface area contributed by atoms with Gasteiger partial charge in [-0.15, -0.1) is 0 Å². The maximum atomic E-state index is 13.4. The van der Waals surface area contributed by atoms with E-state index in [0.29, 0.717) is 23.4 Å². The Morgan fingerprint density at radius 2 is 2.27 bits per heavy atom. The topological polar surface area (TPSA) is 41.5 Å². The van der Waals surface area contributed by atoms with E-state index in [1.165, 1.54) is 6.07 Å². The summed E-state index contributed by atoms with van der Waals surface area (Å²) in [6, 6.07) is 4.48. The van der Waals surface area contributed by atoms with E-state index in [0.717, 1.165) is 0 Å². The van der Waals surface area contributed by atoms with Gasteiger partial charge in [-0.05, 0) is 28.1 Å². The zero-order valence-corrected chi connectivity index (χ0v) is 9.50.